The van der Waals surface area contributed by atoms with E-state index < -0.39 is 0 Å². The van der Waals surface area contributed by atoms with E-state index in [1.54, 1.807) is 0 Å². The lowest BCUT2D eigenvalue weighted by Crippen LogP contribution is -2.58. The molecular formula is C23H32N6O2. The van der Waals surface area contributed by atoms with Crippen LogP contribution in [0.4, 0.5) is 10.6 Å². The van der Waals surface area contributed by atoms with Crippen LogP contribution < -0.4 is 4.90 Å². The maximum atomic E-state index is 11.9. The molecule has 0 N–H and O–H groups in total. The highest BCUT2D eigenvalue weighted by Gasteiger charge is 2.51. The number of rotatable bonds is 4. The molecule has 3 aliphatic rings. The van der Waals surface area contributed by atoms with Gasteiger partial charge in [-0.1, -0.05) is 0 Å². The van der Waals surface area contributed by atoms with Gasteiger partial charge in [-0.05, 0) is 38.3 Å². The predicted molar refractivity (Wildman–Crippen MR) is 119 cm³/mol. The van der Waals surface area contributed by atoms with Gasteiger partial charge in [0.25, 0.3) is 0 Å². The van der Waals surface area contributed by atoms with Crippen molar-refractivity contribution in [2.24, 2.45) is 12.5 Å². The van der Waals surface area contributed by atoms with Gasteiger partial charge in [-0.3, -0.25) is 9.58 Å². The minimum Gasteiger partial charge on any atom is -0.450 e. The van der Waals surface area contributed by atoms with Gasteiger partial charge >= 0.3 is 6.09 Å². The molecule has 0 radical (unpaired) electrons. The molecule has 1 spiro atoms. The second-order valence-corrected chi connectivity index (χ2v) is 9.25. The second-order valence-electron chi connectivity index (χ2n) is 9.25. The molecule has 1 atom stereocenters. The van der Waals surface area contributed by atoms with Crippen LogP contribution in [0.1, 0.15) is 26.2 Å². The summed E-state index contributed by atoms with van der Waals surface area (Å²) in [6.45, 7) is 8.15. The third-order valence-corrected chi connectivity index (χ3v) is 7.19. The minimum absolute atomic E-state index is 0.148. The monoisotopic (exact) mass is 424 g/mol. The van der Waals surface area contributed by atoms with Crippen molar-refractivity contribution < 1.29 is 9.53 Å². The van der Waals surface area contributed by atoms with E-state index in [-0.39, 0.29) is 6.09 Å². The second kappa shape index (κ2) is 8.15. The Morgan fingerprint density at radius 2 is 2.06 bits per heavy atom. The van der Waals surface area contributed by atoms with Crippen LogP contribution in [-0.4, -0.2) is 82.6 Å². The van der Waals surface area contributed by atoms with Crippen LogP contribution in [0.25, 0.3) is 11.1 Å². The SMILES string of the molecule is CCOC(=O)N1CC2(CC[C@@H](N3CCN(c4ncccc4-c4cnn(C)c4)CC3)C2)C1. The molecule has 2 aromatic heterocycles. The fourth-order valence-electron chi connectivity index (χ4n) is 5.62. The number of hydrogen-bond donors (Lipinski definition) is 0. The van der Waals surface area contributed by atoms with Crippen molar-refractivity contribution in [3.63, 3.8) is 0 Å². The van der Waals surface area contributed by atoms with Crippen molar-refractivity contribution in [1.29, 1.82) is 0 Å². The van der Waals surface area contributed by atoms with Crippen LogP contribution in [-0.2, 0) is 11.8 Å². The summed E-state index contributed by atoms with van der Waals surface area (Å²) in [4.78, 5) is 23.6. The summed E-state index contributed by atoms with van der Waals surface area (Å²) in [6.07, 6.45) is 9.35. The van der Waals surface area contributed by atoms with E-state index >= 15 is 0 Å². The number of aryl methyl sites for hydroxylation is 1. The fourth-order valence-corrected chi connectivity index (χ4v) is 5.62. The van der Waals surface area contributed by atoms with Gasteiger partial charge in [0, 0.05) is 81.3 Å². The van der Waals surface area contributed by atoms with Crippen molar-refractivity contribution in [1.82, 2.24) is 24.6 Å². The summed E-state index contributed by atoms with van der Waals surface area (Å²) in [5.74, 6) is 1.06. The van der Waals surface area contributed by atoms with E-state index in [1.807, 2.05) is 48.2 Å². The lowest BCUT2D eigenvalue weighted by atomic mass is 9.78. The Bertz CT molecular complexity index is 930. The van der Waals surface area contributed by atoms with Gasteiger partial charge in [-0.2, -0.15) is 5.10 Å². The van der Waals surface area contributed by atoms with Gasteiger partial charge in [0.15, 0.2) is 0 Å². The first-order valence-electron chi connectivity index (χ1n) is 11.4. The Kier molecular flexibility index (Phi) is 5.33. The van der Waals surface area contributed by atoms with Gasteiger partial charge in [0.2, 0.25) is 0 Å². The molecule has 8 nitrogen and oxygen atoms in total. The molecule has 2 aromatic rings. The lowest BCUT2D eigenvalue weighted by Gasteiger charge is -2.48. The summed E-state index contributed by atoms with van der Waals surface area (Å²) < 4.78 is 6.99. The average molecular weight is 425 g/mol. The fraction of sp³-hybridized carbons (Fsp3) is 0.609. The first-order valence-corrected chi connectivity index (χ1v) is 11.4. The number of piperazine rings is 1. The summed E-state index contributed by atoms with van der Waals surface area (Å²) in [6, 6.07) is 4.77. The van der Waals surface area contributed by atoms with Gasteiger partial charge < -0.3 is 14.5 Å². The molecule has 2 aliphatic heterocycles. The number of likely N-dealkylation sites (tertiary alicyclic amines) is 1. The van der Waals surface area contributed by atoms with E-state index in [2.05, 4.69) is 21.0 Å². The van der Waals surface area contributed by atoms with Crippen LogP contribution in [0.2, 0.25) is 0 Å². The molecule has 5 rings (SSSR count). The minimum atomic E-state index is -0.148. The quantitative estimate of drug-likeness (QED) is 0.752. The summed E-state index contributed by atoms with van der Waals surface area (Å²) in [5.41, 5.74) is 2.59. The number of hydrogen-bond acceptors (Lipinski definition) is 6. The van der Waals surface area contributed by atoms with Gasteiger partial charge in [-0.25, -0.2) is 9.78 Å². The van der Waals surface area contributed by atoms with Crippen molar-refractivity contribution in [3.8, 4) is 11.1 Å². The van der Waals surface area contributed by atoms with E-state index in [1.165, 1.54) is 19.3 Å². The van der Waals surface area contributed by atoms with Crippen LogP contribution >= 0.6 is 0 Å². The smallest absolute Gasteiger partial charge is 0.409 e. The Morgan fingerprint density at radius 3 is 2.77 bits per heavy atom. The van der Waals surface area contributed by atoms with Crippen LogP contribution in [0, 0.1) is 5.41 Å². The molecule has 8 heteroatoms. The molecule has 3 fully saturated rings. The third kappa shape index (κ3) is 3.89. The number of anilines is 1. The Labute approximate surface area is 183 Å². The average Bonchev–Trinajstić information content (AvgIpc) is 3.40. The zero-order chi connectivity index (χ0) is 21.4. The Balaban J connectivity index is 1.18. The zero-order valence-corrected chi connectivity index (χ0v) is 18.5. The van der Waals surface area contributed by atoms with E-state index in [4.69, 9.17) is 9.72 Å². The van der Waals surface area contributed by atoms with Crippen molar-refractivity contribution >= 4 is 11.9 Å². The number of ether oxygens (including phenoxy) is 1. The van der Waals surface area contributed by atoms with Gasteiger partial charge in [0.05, 0.1) is 12.8 Å². The lowest BCUT2D eigenvalue weighted by molar-refractivity contribution is -0.00294. The summed E-state index contributed by atoms with van der Waals surface area (Å²) in [5, 5.41) is 4.33. The number of carbonyl (C=O) groups excluding carboxylic acids is 1. The molecule has 0 unspecified atom stereocenters. The molecule has 0 bridgehead atoms. The molecule has 1 aliphatic carbocycles. The summed E-state index contributed by atoms with van der Waals surface area (Å²) in [7, 11) is 1.95. The molecule has 4 heterocycles. The topological polar surface area (TPSA) is 66.7 Å². The highest BCUT2D eigenvalue weighted by atomic mass is 16.6. The Hall–Kier alpha value is -2.61. The number of nitrogens with zero attached hydrogens (tertiary/aromatic N) is 6. The third-order valence-electron chi connectivity index (χ3n) is 7.19. The molecule has 31 heavy (non-hydrogen) atoms. The molecule has 1 amide bonds. The highest BCUT2D eigenvalue weighted by Crippen LogP contribution is 2.47. The largest absolute Gasteiger partial charge is 0.450 e. The maximum Gasteiger partial charge on any atom is 0.409 e. The molecular weight excluding hydrogens is 392 g/mol. The zero-order valence-electron chi connectivity index (χ0n) is 18.5. The molecule has 0 aromatic carbocycles. The number of pyridine rings is 1. The summed E-state index contributed by atoms with van der Waals surface area (Å²) >= 11 is 0. The molecule has 1 saturated carbocycles. The van der Waals surface area contributed by atoms with Crippen molar-refractivity contribution in [2.75, 3.05) is 50.8 Å². The Morgan fingerprint density at radius 1 is 1.26 bits per heavy atom. The van der Waals surface area contributed by atoms with Crippen LogP contribution in [0.3, 0.4) is 0 Å². The molecule has 2 saturated heterocycles. The van der Waals surface area contributed by atoms with E-state index in [0.29, 0.717) is 18.1 Å². The van der Waals surface area contributed by atoms with E-state index in [0.717, 1.165) is 56.2 Å². The van der Waals surface area contributed by atoms with Gasteiger partial charge in [-0.15, -0.1) is 0 Å². The number of amides is 1. The molecule has 166 valence electrons. The van der Waals surface area contributed by atoms with Gasteiger partial charge in [0.1, 0.15) is 5.82 Å². The van der Waals surface area contributed by atoms with Crippen LogP contribution in [0.15, 0.2) is 30.7 Å². The van der Waals surface area contributed by atoms with Crippen LogP contribution in [0.5, 0.6) is 0 Å². The first-order chi connectivity index (χ1) is 15.1. The van der Waals surface area contributed by atoms with E-state index in [9.17, 15) is 4.79 Å². The normalized spacial score (nSPS) is 23.2. The predicted octanol–water partition coefficient (Wildman–Crippen LogP) is 2.62. The number of carbonyl (C=O) groups is 1. The number of aromatic nitrogens is 3. The van der Waals surface area contributed by atoms with Crippen molar-refractivity contribution in [2.45, 2.75) is 32.2 Å². The van der Waals surface area contributed by atoms with Crippen molar-refractivity contribution in [3.05, 3.63) is 30.7 Å². The maximum absolute atomic E-state index is 11.9. The highest BCUT2D eigenvalue weighted by molar-refractivity contribution is 5.75. The standard InChI is InChI=1S/C23H32N6O2/c1-3-31-22(30)29-16-23(17-29)7-6-19(13-23)27-9-11-28(12-10-27)21-20(5-4-8-24-21)18-14-25-26(2)15-18/h4-5,8,14-15,19H,3,6-7,9-13,16-17H2,1-2H3/t19-/m1/s1. The first kappa shape index (κ1) is 20.3.